The number of thioether (sulfide) groups is 1. The highest BCUT2D eigenvalue weighted by Gasteiger charge is 2.33. The molecule has 1 aromatic rings. The Morgan fingerprint density at radius 1 is 1.27 bits per heavy atom. The second kappa shape index (κ2) is 9.33. The number of piperazine rings is 1. The molecule has 2 saturated heterocycles. The molecule has 30 heavy (non-hydrogen) atoms. The normalized spacial score (nSPS) is 19.1. The number of quaternary nitrogens is 1. The number of carbonyl (C=O) groups excluding carboxylic acids is 1. The van der Waals surface area contributed by atoms with Gasteiger partial charge >= 0.3 is 0 Å². The van der Waals surface area contributed by atoms with Crippen LogP contribution in [0.2, 0.25) is 0 Å². The zero-order chi connectivity index (χ0) is 22.0. The molecule has 2 aliphatic rings. The molecule has 0 atom stereocenters. The number of anilines is 1. The first kappa shape index (κ1) is 22.5. The summed E-state index contributed by atoms with van der Waals surface area (Å²) in [6, 6.07) is 2.05. The predicted octanol–water partition coefficient (Wildman–Crippen LogP) is 0.901. The minimum atomic E-state index is -0.300. The van der Waals surface area contributed by atoms with Crippen LogP contribution in [0.15, 0.2) is 9.70 Å². The molecule has 1 amide bonds. The summed E-state index contributed by atoms with van der Waals surface area (Å²) in [5.74, 6) is 0.664. The highest BCUT2D eigenvalue weighted by atomic mass is 32.2. The summed E-state index contributed by atoms with van der Waals surface area (Å²) in [6.45, 7) is 11.3. The lowest BCUT2D eigenvalue weighted by Crippen LogP contribution is -3.14. The molecule has 0 bridgehead atoms. The third kappa shape index (κ3) is 4.04. The number of likely N-dealkylation sites (N-methyl/N-ethyl adjacent to an activating group) is 1. The Kier molecular flexibility index (Phi) is 7.01. The predicted molar refractivity (Wildman–Crippen MR) is 125 cm³/mol. The van der Waals surface area contributed by atoms with Gasteiger partial charge in [-0.1, -0.05) is 30.9 Å². The largest absolute Gasteiger partial charge is 0.346 e. The summed E-state index contributed by atoms with van der Waals surface area (Å²) >= 11 is 6.68. The Bertz CT molecular complexity index is 1000. The molecule has 0 aromatic carbocycles. The van der Waals surface area contributed by atoms with Crippen LogP contribution in [0.5, 0.6) is 0 Å². The maximum Gasteiger partial charge on any atom is 0.270 e. The monoisotopic (exact) mass is 446 g/mol. The Morgan fingerprint density at radius 3 is 2.50 bits per heavy atom. The van der Waals surface area contributed by atoms with Crippen molar-refractivity contribution in [3.05, 3.63) is 31.9 Å². The Balaban J connectivity index is 2.13. The van der Waals surface area contributed by atoms with E-state index in [0.717, 1.165) is 50.5 Å². The van der Waals surface area contributed by atoms with Gasteiger partial charge in [0.1, 0.15) is 21.8 Å². The van der Waals surface area contributed by atoms with Crippen LogP contribution in [0.3, 0.4) is 0 Å². The molecule has 160 valence electrons. The zero-order valence-electron chi connectivity index (χ0n) is 17.9. The molecule has 0 unspecified atom stereocenters. The van der Waals surface area contributed by atoms with Crippen LogP contribution in [0.25, 0.3) is 6.08 Å². The summed E-state index contributed by atoms with van der Waals surface area (Å²) in [7, 11) is 1.70. The third-order valence-electron chi connectivity index (χ3n) is 5.83. The highest BCUT2D eigenvalue weighted by Crippen LogP contribution is 2.35. The van der Waals surface area contributed by atoms with E-state index >= 15 is 0 Å². The van der Waals surface area contributed by atoms with Gasteiger partial charge in [-0.15, -0.1) is 0 Å². The molecule has 3 heterocycles. The van der Waals surface area contributed by atoms with Crippen molar-refractivity contribution in [2.24, 2.45) is 7.05 Å². The number of hydrogen-bond donors (Lipinski definition) is 1. The van der Waals surface area contributed by atoms with Gasteiger partial charge in [-0.05, 0) is 31.9 Å². The van der Waals surface area contributed by atoms with Crippen LogP contribution in [0.1, 0.15) is 37.0 Å². The SMILES string of the molecule is CCCN1C(=O)/C(=C/c2c(C)c(C#N)c(=O)n(C)c2N2CC[NH+](CC)CC2)SC1=S. The van der Waals surface area contributed by atoms with Gasteiger partial charge < -0.3 is 9.80 Å². The average molecular weight is 447 g/mol. The van der Waals surface area contributed by atoms with Gasteiger partial charge in [0.05, 0.1) is 37.6 Å². The smallest absolute Gasteiger partial charge is 0.270 e. The lowest BCUT2D eigenvalue weighted by atomic mass is 10.0. The number of nitrogens with zero attached hydrogens (tertiary/aromatic N) is 4. The molecule has 2 aliphatic heterocycles. The molecule has 9 heteroatoms. The summed E-state index contributed by atoms with van der Waals surface area (Å²) in [6.07, 6.45) is 2.64. The maximum absolute atomic E-state index is 12.9. The molecule has 3 rings (SSSR count). The van der Waals surface area contributed by atoms with Crippen LogP contribution in [0, 0.1) is 18.3 Å². The maximum atomic E-state index is 12.9. The van der Waals surface area contributed by atoms with Crippen molar-refractivity contribution in [1.29, 1.82) is 5.26 Å². The van der Waals surface area contributed by atoms with Crippen LogP contribution < -0.4 is 15.4 Å². The molecule has 1 N–H and O–H groups in total. The van der Waals surface area contributed by atoms with Gasteiger partial charge in [-0.3, -0.25) is 19.1 Å². The molecule has 7 nitrogen and oxygen atoms in total. The van der Waals surface area contributed by atoms with E-state index in [0.29, 0.717) is 21.3 Å². The minimum absolute atomic E-state index is 0.107. The number of nitriles is 1. The number of amides is 1. The quantitative estimate of drug-likeness (QED) is 0.535. The molecule has 0 radical (unpaired) electrons. The summed E-state index contributed by atoms with van der Waals surface area (Å²) < 4.78 is 2.11. The fourth-order valence-electron chi connectivity index (χ4n) is 4.03. The van der Waals surface area contributed by atoms with Crippen LogP contribution >= 0.6 is 24.0 Å². The van der Waals surface area contributed by atoms with E-state index in [1.165, 1.54) is 16.7 Å². The van der Waals surface area contributed by atoms with Gasteiger partial charge in [0.15, 0.2) is 0 Å². The number of aromatic nitrogens is 1. The first-order chi connectivity index (χ1) is 14.3. The van der Waals surface area contributed by atoms with Crippen molar-refractivity contribution < 1.29 is 9.69 Å². The average Bonchev–Trinajstić information content (AvgIpc) is 3.00. The van der Waals surface area contributed by atoms with E-state index in [2.05, 4.69) is 17.9 Å². The van der Waals surface area contributed by atoms with Gasteiger partial charge in [-0.25, -0.2) is 0 Å². The molecule has 0 saturated carbocycles. The second-order valence-electron chi connectivity index (χ2n) is 7.64. The van der Waals surface area contributed by atoms with Crippen molar-refractivity contribution in [3.63, 3.8) is 0 Å². The fourth-order valence-corrected chi connectivity index (χ4v) is 5.32. The van der Waals surface area contributed by atoms with E-state index in [4.69, 9.17) is 12.2 Å². The van der Waals surface area contributed by atoms with E-state index in [9.17, 15) is 14.9 Å². The van der Waals surface area contributed by atoms with Crippen molar-refractivity contribution in [2.75, 3.05) is 44.2 Å². The Hall–Kier alpha value is -2.15. The van der Waals surface area contributed by atoms with Crippen molar-refractivity contribution in [1.82, 2.24) is 9.47 Å². The first-order valence-electron chi connectivity index (χ1n) is 10.3. The number of pyridine rings is 1. The first-order valence-corrected chi connectivity index (χ1v) is 11.5. The number of rotatable bonds is 5. The van der Waals surface area contributed by atoms with E-state index in [1.807, 2.05) is 13.0 Å². The van der Waals surface area contributed by atoms with Gasteiger partial charge in [0.25, 0.3) is 11.5 Å². The third-order valence-corrected chi connectivity index (χ3v) is 7.21. The molecule has 0 spiro atoms. The number of carbonyl (C=O) groups is 1. The number of thiocarbonyl (C=S) groups is 1. The summed E-state index contributed by atoms with van der Waals surface area (Å²) in [5.41, 5.74) is 1.19. The van der Waals surface area contributed by atoms with Crippen LogP contribution in [-0.2, 0) is 11.8 Å². The Labute approximate surface area is 186 Å². The molecular weight excluding hydrogens is 418 g/mol. The van der Waals surface area contributed by atoms with Gasteiger partial charge in [0.2, 0.25) is 0 Å². The number of nitrogens with one attached hydrogen (secondary N) is 1. The van der Waals surface area contributed by atoms with Crippen molar-refractivity contribution in [3.8, 4) is 6.07 Å². The minimum Gasteiger partial charge on any atom is -0.346 e. The fraction of sp³-hybridized carbons (Fsp3) is 0.524. The van der Waals surface area contributed by atoms with Gasteiger partial charge in [0, 0.05) is 19.2 Å². The standard InChI is InChI=1S/C21H27N5O2S2/c1-5-7-26-20(28)17(30-21(26)29)12-15-14(3)16(13-22)19(27)23(4)18(15)25-10-8-24(6-2)9-11-25/h12H,5-11H2,1-4H3/p+1/b17-12-. The highest BCUT2D eigenvalue weighted by molar-refractivity contribution is 8.26. The van der Waals surface area contributed by atoms with E-state index in [1.54, 1.807) is 23.4 Å². The molecule has 2 fully saturated rings. The van der Waals surface area contributed by atoms with Crippen LogP contribution in [-0.4, -0.2) is 59.0 Å². The molecule has 1 aromatic heterocycles. The van der Waals surface area contributed by atoms with Gasteiger partial charge in [-0.2, -0.15) is 5.26 Å². The molecular formula is C21H28N5O2S2+. The Morgan fingerprint density at radius 2 is 1.93 bits per heavy atom. The van der Waals surface area contributed by atoms with Crippen LogP contribution in [0.4, 0.5) is 5.82 Å². The zero-order valence-corrected chi connectivity index (χ0v) is 19.6. The summed E-state index contributed by atoms with van der Waals surface area (Å²) in [5, 5.41) is 9.58. The van der Waals surface area contributed by atoms with E-state index < -0.39 is 0 Å². The molecule has 0 aliphatic carbocycles. The number of hydrogen-bond acceptors (Lipinski definition) is 6. The topological polar surface area (TPSA) is 73.8 Å². The van der Waals surface area contributed by atoms with Crippen molar-refractivity contribution >= 4 is 46.1 Å². The van der Waals surface area contributed by atoms with E-state index in [-0.39, 0.29) is 17.0 Å². The lowest BCUT2D eigenvalue weighted by molar-refractivity contribution is -0.898. The second-order valence-corrected chi connectivity index (χ2v) is 9.31. The van der Waals surface area contributed by atoms with Crippen molar-refractivity contribution in [2.45, 2.75) is 27.2 Å². The summed E-state index contributed by atoms with van der Waals surface area (Å²) in [4.78, 5) is 31.6. The lowest BCUT2D eigenvalue weighted by Gasteiger charge is -2.35.